The number of ether oxygens (including phenoxy) is 1. The molecule has 0 aliphatic heterocycles. The number of hydrogen-bond donors (Lipinski definition) is 1. The van der Waals surface area contributed by atoms with Crippen molar-refractivity contribution < 1.29 is 4.74 Å². The summed E-state index contributed by atoms with van der Waals surface area (Å²) in [5.41, 5.74) is -0.250. The van der Waals surface area contributed by atoms with Gasteiger partial charge in [0, 0.05) is 20.3 Å². The smallest absolute Gasteiger partial charge is 0.329 e. The van der Waals surface area contributed by atoms with Gasteiger partial charge in [0.25, 0.3) is 5.56 Å². The number of aromatic amines is 1. The van der Waals surface area contributed by atoms with E-state index in [1.165, 1.54) is 4.57 Å². The van der Waals surface area contributed by atoms with E-state index in [2.05, 4.69) is 4.98 Å². The first-order chi connectivity index (χ1) is 8.61. The minimum atomic E-state index is -0.436. The van der Waals surface area contributed by atoms with Crippen molar-refractivity contribution in [1.82, 2.24) is 9.55 Å². The molecule has 6 heteroatoms. The van der Waals surface area contributed by atoms with Crippen LogP contribution in [0.2, 0.25) is 5.15 Å². The van der Waals surface area contributed by atoms with Crippen molar-refractivity contribution in [2.45, 2.75) is 39.2 Å². The van der Waals surface area contributed by atoms with E-state index in [0.29, 0.717) is 25.1 Å². The number of nitrogens with one attached hydrogen (secondary N) is 1. The van der Waals surface area contributed by atoms with E-state index in [4.69, 9.17) is 16.3 Å². The molecule has 1 aromatic rings. The minimum Gasteiger partial charge on any atom is -0.385 e. The highest BCUT2D eigenvalue weighted by Gasteiger charge is 2.10. The molecule has 0 radical (unpaired) electrons. The van der Waals surface area contributed by atoms with E-state index in [1.807, 2.05) is 6.92 Å². The molecule has 0 atom stereocenters. The number of halogens is 1. The molecule has 1 aromatic heterocycles. The Balaban J connectivity index is 2.77. The van der Waals surface area contributed by atoms with Crippen LogP contribution in [0.25, 0.3) is 0 Å². The molecule has 1 N–H and O–H groups in total. The molecule has 18 heavy (non-hydrogen) atoms. The van der Waals surface area contributed by atoms with Crippen LogP contribution in [0.15, 0.2) is 9.59 Å². The van der Waals surface area contributed by atoms with Crippen LogP contribution in [0.4, 0.5) is 0 Å². The van der Waals surface area contributed by atoms with Crippen LogP contribution in [0.1, 0.15) is 31.7 Å². The van der Waals surface area contributed by atoms with Gasteiger partial charge < -0.3 is 4.74 Å². The van der Waals surface area contributed by atoms with Gasteiger partial charge in [-0.2, -0.15) is 0 Å². The van der Waals surface area contributed by atoms with Gasteiger partial charge in [-0.3, -0.25) is 14.3 Å². The number of methoxy groups -OCH3 is 1. The molecule has 0 unspecified atom stereocenters. The summed E-state index contributed by atoms with van der Waals surface area (Å²) in [5, 5.41) is 0.156. The standard InChI is InChI=1S/C12H19ClN2O3/c1-3-9-10(13)14-12(17)15(11(9)16)7-5-4-6-8-18-2/h3-8H2,1-2H3,(H,14,17). The van der Waals surface area contributed by atoms with Gasteiger partial charge in [-0.05, 0) is 25.7 Å². The number of rotatable bonds is 7. The molecule has 0 aromatic carbocycles. The van der Waals surface area contributed by atoms with Crippen LogP contribution in [-0.4, -0.2) is 23.3 Å². The fraction of sp³-hybridized carbons (Fsp3) is 0.667. The topological polar surface area (TPSA) is 64.1 Å². The monoisotopic (exact) mass is 274 g/mol. The quantitative estimate of drug-likeness (QED) is 0.606. The number of unbranched alkanes of at least 4 members (excludes halogenated alkanes) is 2. The molecule has 102 valence electrons. The molecule has 0 spiro atoms. The largest absolute Gasteiger partial charge is 0.385 e. The average molecular weight is 275 g/mol. The third-order valence-corrected chi connectivity index (χ3v) is 3.14. The molecule has 0 bridgehead atoms. The van der Waals surface area contributed by atoms with Gasteiger partial charge in [0.05, 0.1) is 5.56 Å². The highest BCUT2D eigenvalue weighted by molar-refractivity contribution is 6.30. The molecule has 0 aliphatic rings. The maximum absolute atomic E-state index is 12.0. The second-order valence-corrected chi connectivity index (χ2v) is 4.46. The van der Waals surface area contributed by atoms with Crippen LogP contribution < -0.4 is 11.2 Å². The maximum Gasteiger partial charge on any atom is 0.329 e. The zero-order valence-corrected chi connectivity index (χ0v) is 11.5. The Labute approximate surface area is 111 Å². The predicted molar refractivity (Wildman–Crippen MR) is 71.4 cm³/mol. The molecule has 0 saturated heterocycles. The van der Waals surface area contributed by atoms with Crippen LogP contribution in [0.5, 0.6) is 0 Å². The van der Waals surface area contributed by atoms with Crippen molar-refractivity contribution in [2.75, 3.05) is 13.7 Å². The number of nitrogens with zero attached hydrogens (tertiary/aromatic N) is 1. The van der Waals surface area contributed by atoms with Gasteiger partial charge in [0.2, 0.25) is 0 Å². The Morgan fingerprint density at radius 2 is 2.00 bits per heavy atom. The number of aromatic nitrogens is 2. The summed E-state index contributed by atoms with van der Waals surface area (Å²) in [5.74, 6) is 0. The van der Waals surface area contributed by atoms with Gasteiger partial charge in [0.15, 0.2) is 0 Å². The van der Waals surface area contributed by atoms with Gasteiger partial charge in [-0.25, -0.2) is 4.79 Å². The fourth-order valence-electron chi connectivity index (χ4n) is 1.79. The van der Waals surface area contributed by atoms with E-state index in [0.717, 1.165) is 19.3 Å². The molecule has 0 saturated carbocycles. The van der Waals surface area contributed by atoms with Gasteiger partial charge >= 0.3 is 5.69 Å². The first kappa shape index (κ1) is 15.0. The van der Waals surface area contributed by atoms with Crippen molar-refractivity contribution >= 4 is 11.6 Å². The van der Waals surface area contributed by atoms with Crippen molar-refractivity contribution in [3.05, 3.63) is 31.6 Å². The lowest BCUT2D eigenvalue weighted by Gasteiger charge is -2.07. The van der Waals surface area contributed by atoms with Crippen molar-refractivity contribution in [3.63, 3.8) is 0 Å². The zero-order valence-electron chi connectivity index (χ0n) is 10.8. The normalized spacial score (nSPS) is 10.8. The molecule has 0 aliphatic carbocycles. The number of H-pyrrole nitrogens is 1. The van der Waals surface area contributed by atoms with E-state index in [9.17, 15) is 9.59 Å². The Morgan fingerprint density at radius 3 is 2.61 bits per heavy atom. The maximum atomic E-state index is 12.0. The first-order valence-electron chi connectivity index (χ1n) is 6.12. The van der Waals surface area contributed by atoms with Crippen molar-refractivity contribution in [3.8, 4) is 0 Å². The molecule has 5 nitrogen and oxygen atoms in total. The number of hydrogen-bond acceptors (Lipinski definition) is 3. The van der Waals surface area contributed by atoms with E-state index < -0.39 is 5.69 Å². The summed E-state index contributed by atoms with van der Waals surface area (Å²) >= 11 is 5.82. The van der Waals surface area contributed by atoms with E-state index in [-0.39, 0.29) is 10.7 Å². The molecule has 1 heterocycles. The Morgan fingerprint density at radius 1 is 1.28 bits per heavy atom. The summed E-state index contributed by atoms with van der Waals surface area (Å²) in [7, 11) is 1.65. The molecule has 1 rings (SSSR count). The van der Waals surface area contributed by atoms with Gasteiger partial charge in [-0.15, -0.1) is 0 Å². The molecular formula is C12H19ClN2O3. The second kappa shape index (κ2) is 7.38. The Bertz CT molecular complexity index is 493. The third kappa shape index (κ3) is 3.71. The van der Waals surface area contributed by atoms with Crippen LogP contribution in [0, 0.1) is 0 Å². The second-order valence-electron chi connectivity index (χ2n) is 4.09. The highest BCUT2D eigenvalue weighted by Crippen LogP contribution is 2.06. The highest BCUT2D eigenvalue weighted by atomic mass is 35.5. The summed E-state index contributed by atoms with van der Waals surface area (Å²) in [6.45, 7) is 2.96. The minimum absolute atomic E-state index is 0.156. The summed E-state index contributed by atoms with van der Waals surface area (Å²) in [6, 6.07) is 0. The molecular weight excluding hydrogens is 256 g/mol. The summed E-state index contributed by atoms with van der Waals surface area (Å²) in [4.78, 5) is 26.1. The van der Waals surface area contributed by atoms with E-state index >= 15 is 0 Å². The van der Waals surface area contributed by atoms with Gasteiger partial charge in [0.1, 0.15) is 5.15 Å². The zero-order chi connectivity index (χ0) is 13.5. The first-order valence-corrected chi connectivity index (χ1v) is 6.50. The lowest BCUT2D eigenvalue weighted by Crippen LogP contribution is -2.37. The Kier molecular flexibility index (Phi) is 6.15. The summed E-state index contributed by atoms with van der Waals surface area (Å²) in [6.07, 6.45) is 3.14. The predicted octanol–water partition coefficient (Wildman–Crippen LogP) is 1.57. The van der Waals surface area contributed by atoms with Crippen molar-refractivity contribution in [1.29, 1.82) is 0 Å². The Hall–Kier alpha value is -1.07. The van der Waals surface area contributed by atoms with E-state index in [1.54, 1.807) is 7.11 Å². The van der Waals surface area contributed by atoms with Crippen molar-refractivity contribution in [2.24, 2.45) is 0 Å². The van der Waals surface area contributed by atoms with Gasteiger partial charge in [-0.1, -0.05) is 18.5 Å². The molecule has 0 amide bonds. The van der Waals surface area contributed by atoms with Crippen LogP contribution in [0.3, 0.4) is 0 Å². The van der Waals surface area contributed by atoms with Crippen LogP contribution >= 0.6 is 11.6 Å². The lowest BCUT2D eigenvalue weighted by molar-refractivity contribution is 0.191. The molecule has 0 fully saturated rings. The summed E-state index contributed by atoms with van der Waals surface area (Å²) < 4.78 is 6.16. The fourth-order valence-corrected chi connectivity index (χ4v) is 2.08. The lowest BCUT2D eigenvalue weighted by atomic mass is 10.2. The third-order valence-electron chi connectivity index (χ3n) is 2.81. The SMILES string of the molecule is CCc1c(Cl)[nH]c(=O)n(CCCCCOC)c1=O. The van der Waals surface area contributed by atoms with Crippen LogP contribution in [-0.2, 0) is 17.7 Å². The average Bonchev–Trinajstić information content (AvgIpc) is 2.32.